The Morgan fingerprint density at radius 1 is 1.54 bits per heavy atom. The molecule has 1 aromatic carbocycles. The molecule has 0 bridgehead atoms. The summed E-state index contributed by atoms with van der Waals surface area (Å²) in [7, 11) is 0. The van der Waals surface area contributed by atoms with Gasteiger partial charge in [0, 0.05) is 11.0 Å². The van der Waals surface area contributed by atoms with Gasteiger partial charge in [-0.25, -0.2) is 5.48 Å². The van der Waals surface area contributed by atoms with Crippen molar-refractivity contribution in [3.05, 3.63) is 34.3 Å². The maximum absolute atomic E-state index is 5.36. The number of halogens is 1. The summed E-state index contributed by atoms with van der Waals surface area (Å²) < 4.78 is 1.08. The summed E-state index contributed by atoms with van der Waals surface area (Å²) in [4.78, 5) is 5.36. The van der Waals surface area contributed by atoms with Crippen molar-refractivity contribution in [3.8, 4) is 0 Å². The monoisotopic (exact) mass is 243 g/mol. The van der Waals surface area contributed by atoms with Crippen LogP contribution in [0.15, 0.2) is 28.7 Å². The fourth-order valence-corrected chi connectivity index (χ4v) is 1.45. The Morgan fingerprint density at radius 2 is 2.31 bits per heavy atom. The normalized spacial score (nSPS) is 12.8. The van der Waals surface area contributed by atoms with Gasteiger partial charge in [-0.15, -0.1) is 0 Å². The van der Waals surface area contributed by atoms with Crippen LogP contribution in [0, 0.1) is 0 Å². The molecule has 0 fully saturated rings. The lowest BCUT2D eigenvalue weighted by atomic mass is 10.1. The van der Waals surface area contributed by atoms with E-state index in [4.69, 9.17) is 4.84 Å². The average molecular weight is 244 g/mol. The third-order valence-electron chi connectivity index (χ3n) is 1.72. The molecule has 0 aliphatic carbocycles. The van der Waals surface area contributed by atoms with Gasteiger partial charge in [0.05, 0.1) is 0 Å². The summed E-state index contributed by atoms with van der Waals surface area (Å²) in [5.41, 5.74) is 4.01. The first-order valence-corrected chi connectivity index (χ1v) is 5.17. The first-order valence-electron chi connectivity index (χ1n) is 4.38. The minimum Gasteiger partial charge on any atom is -0.294 e. The Bertz CT molecular complexity index is 265. The van der Waals surface area contributed by atoms with Crippen molar-refractivity contribution in [2.75, 3.05) is 6.54 Å². The fourth-order valence-electron chi connectivity index (χ4n) is 1.04. The van der Waals surface area contributed by atoms with Crippen molar-refractivity contribution in [3.63, 3.8) is 0 Å². The number of hydroxylamine groups is 1. The van der Waals surface area contributed by atoms with E-state index in [1.54, 1.807) is 0 Å². The Kier molecular flexibility index (Phi) is 4.42. The van der Waals surface area contributed by atoms with E-state index < -0.39 is 0 Å². The van der Waals surface area contributed by atoms with Gasteiger partial charge in [0.2, 0.25) is 0 Å². The maximum Gasteiger partial charge on any atom is 0.101 e. The quantitative estimate of drug-likeness (QED) is 0.822. The lowest BCUT2D eigenvalue weighted by Gasteiger charge is -2.12. The zero-order valence-corrected chi connectivity index (χ0v) is 9.47. The molecule has 2 nitrogen and oxygen atoms in total. The highest BCUT2D eigenvalue weighted by molar-refractivity contribution is 9.10. The number of hydrogen-bond acceptors (Lipinski definition) is 2. The molecule has 13 heavy (non-hydrogen) atoms. The largest absolute Gasteiger partial charge is 0.294 e. The Morgan fingerprint density at radius 3 is 2.92 bits per heavy atom. The lowest BCUT2D eigenvalue weighted by molar-refractivity contribution is -0.0136. The molecule has 1 aromatic rings. The van der Waals surface area contributed by atoms with Crippen molar-refractivity contribution >= 4 is 15.9 Å². The zero-order chi connectivity index (χ0) is 9.68. The van der Waals surface area contributed by atoms with Crippen molar-refractivity contribution < 1.29 is 4.84 Å². The summed E-state index contributed by atoms with van der Waals surface area (Å²) in [6.07, 6.45) is 0.0810. The van der Waals surface area contributed by atoms with Crippen LogP contribution in [-0.2, 0) is 4.84 Å². The highest BCUT2D eigenvalue weighted by Crippen LogP contribution is 2.19. The molecule has 0 saturated carbocycles. The first-order chi connectivity index (χ1) is 6.24. The molecule has 0 aliphatic heterocycles. The Hall–Kier alpha value is -0.380. The van der Waals surface area contributed by atoms with Crippen molar-refractivity contribution in [1.29, 1.82) is 0 Å². The first kappa shape index (κ1) is 10.7. The van der Waals surface area contributed by atoms with E-state index in [-0.39, 0.29) is 6.10 Å². The molecule has 0 amide bonds. The second kappa shape index (κ2) is 5.37. The van der Waals surface area contributed by atoms with E-state index >= 15 is 0 Å². The van der Waals surface area contributed by atoms with Gasteiger partial charge in [-0.05, 0) is 24.6 Å². The topological polar surface area (TPSA) is 21.3 Å². The Labute approximate surface area is 87.4 Å². The van der Waals surface area contributed by atoms with E-state index in [0.717, 1.165) is 16.6 Å². The van der Waals surface area contributed by atoms with Gasteiger partial charge in [-0.3, -0.25) is 4.84 Å². The van der Waals surface area contributed by atoms with Crippen LogP contribution in [0.2, 0.25) is 0 Å². The maximum atomic E-state index is 5.36. The van der Waals surface area contributed by atoms with Gasteiger partial charge in [0.1, 0.15) is 6.10 Å². The standard InChI is InChI=1S/C10H14BrNO/c1-3-12-13-8(2)9-5-4-6-10(11)7-9/h4-8,12H,3H2,1-2H3. The summed E-state index contributed by atoms with van der Waals surface area (Å²) in [5.74, 6) is 0. The lowest BCUT2D eigenvalue weighted by Crippen LogP contribution is -2.16. The minimum absolute atomic E-state index is 0.0810. The van der Waals surface area contributed by atoms with Crippen LogP contribution in [0.25, 0.3) is 0 Å². The predicted molar refractivity (Wildman–Crippen MR) is 57.3 cm³/mol. The van der Waals surface area contributed by atoms with Gasteiger partial charge >= 0.3 is 0 Å². The molecule has 0 aromatic heterocycles. The van der Waals surface area contributed by atoms with Crippen LogP contribution in [0.3, 0.4) is 0 Å². The molecule has 1 atom stereocenters. The van der Waals surface area contributed by atoms with Gasteiger partial charge in [0.15, 0.2) is 0 Å². The van der Waals surface area contributed by atoms with E-state index in [9.17, 15) is 0 Å². The number of nitrogens with one attached hydrogen (secondary N) is 1. The van der Waals surface area contributed by atoms with Crippen molar-refractivity contribution in [2.45, 2.75) is 20.0 Å². The summed E-state index contributed by atoms with van der Waals surface area (Å²) in [6.45, 7) is 4.84. The van der Waals surface area contributed by atoms with E-state index in [1.807, 2.05) is 32.0 Å². The third-order valence-corrected chi connectivity index (χ3v) is 2.22. The second-order valence-corrected chi connectivity index (χ2v) is 3.73. The van der Waals surface area contributed by atoms with Gasteiger partial charge < -0.3 is 0 Å². The predicted octanol–water partition coefficient (Wildman–Crippen LogP) is 3.05. The molecule has 1 unspecified atom stereocenters. The molecular weight excluding hydrogens is 230 g/mol. The van der Waals surface area contributed by atoms with Crippen LogP contribution in [-0.4, -0.2) is 6.54 Å². The molecule has 72 valence electrons. The number of rotatable bonds is 4. The Balaban J connectivity index is 2.60. The van der Waals surface area contributed by atoms with E-state index in [0.29, 0.717) is 0 Å². The molecule has 0 spiro atoms. The fraction of sp³-hybridized carbons (Fsp3) is 0.400. The average Bonchev–Trinajstić information content (AvgIpc) is 2.14. The highest BCUT2D eigenvalue weighted by atomic mass is 79.9. The van der Waals surface area contributed by atoms with Crippen LogP contribution in [0.1, 0.15) is 25.5 Å². The molecule has 0 radical (unpaired) electrons. The van der Waals surface area contributed by atoms with E-state index in [1.165, 1.54) is 0 Å². The molecule has 0 heterocycles. The van der Waals surface area contributed by atoms with Crippen LogP contribution in [0.4, 0.5) is 0 Å². The van der Waals surface area contributed by atoms with Crippen molar-refractivity contribution in [2.24, 2.45) is 0 Å². The number of benzene rings is 1. The second-order valence-electron chi connectivity index (χ2n) is 2.81. The third kappa shape index (κ3) is 3.46. The summed E-state index contributed by atoms with van der Waals surface area (Å²) >= 11 is 3.42. The molecule has 0 aliphatic rings. The minimum atomic E-state index is 0.0810. The van der Waals surface area contributed by atoms with Crippen molar-refractivity contribution in [1.82, 2.24) is 5.48 Å². The number of hydrogen-bond donors (Lipinski definition) is 1. The van der Waals surface area contributed by atoms with E-state index in [2.05, 4.69) is 27.5 Å². The zero-order valence-electron chi connectivity index (χ0n) is 7.88. The molecule has 0 saturated heterocycles. The highest BCUT2D eigenvalue weighted by Gasteiger charge is 2.04. The molecule has 3 heteroatoms. The smallest absolute Gasteiger partial charge is 0.101 e. The van der Waals surface area contributed by atoms with Gasteiger partial charge in [-0.2, -0.15) is 0 Å². The molecule has 1 N–H and O–H groups in total. The van der Waals surface area contributed by atoms with Crippen LogP contribution >= 0.6 is 15.9 Å². The molecular formula is C10H14BrNO. The molecule has 1 rings (SSSR count). The van der Waals surface area contributed by atoms with Gasteiger partial charge in [-0.1, -0.05) is 35.0 Å². The van der Waals surface area contributed by atoms with Crippen LogP contribution in [0.5, 0.6) is 0 Å². The van der Waals surface area contributed by atoms with Crippen LogP contribution < -0.4 is 5.48 Å². The summed E-state index contributed by atoms with van der Waals surface area (Å²) in [5, 5.41) is 0. The SMILES string of the molecule is CCNOC(C)c1cccc(Br)c1. The van der Waals surface area contributed by atoms with Gasteiger partial charge in [0.25, 0.3) is 0 Å². The summed E-state index contributed by atoms with van der Waals surface area (Å²) in [6, 6.07) is 8.11.